The van der Waals surface area contributed by atoms with Crippen LogP contribution in [0.4, 0.5) is 0 Å². The van der Waals surface area contributed by atoms with E-state index in [1.165, 1.54) is 0 Å². The number of hydrogen-bond acceptors (Lipinski definition) is 4. The van der Waals surface area contributed by atoms with E-state index in [-0.39, 0.29) is 12.5 Å². The van der Waals surface area contributed by atoms with Crippen LogP contribution in [0.5, 0.6) is 0 Å². The molecule has 2 rings (SSSR count). The molecular weight excluding hydrogens is 266 g/mol. The van der Waals surface area contributed by atoms with Gasteiger partial charge in [-0.15, -0.1) is 0 Å². The van der Waals surface area contributed by atoms with Crippen LogP contribution >= 0.6 is 0 Å². The summed E-state index contributed by atoms with van der Waals surface area (Å²) in [5, 5.41) is 0. The molecule has 0 aromatic carbocycles. The number of rotatable bonds is 3. The standard InChI is InChI=1S/C16H21N3O2/c1-19(11-13-4-3-9-21-12-13)16(20)15-6-8-18-10-14(15)5-2-7-17/h6,8,10,13H,3-4,7,9,11-12,17H2,1H3. The molecule has 0 aliphatic carbocycles. The van der Waals surface area contributed by atoms with Crippen LogP contribution in [0.15, 0.2) is 18.5 Å². The van der Waals surface area contributed by atoms with Gasteiger partial charge in [0, 0.05) is 32.6 Å². The van der Waals surface area contributed by atoms with Gasteiger partial charge in [-0.3, -0.25) is 9.78 Å². The molecule has 1 unspecified atom stereocenters. The Kier molecular flexibility index (Phi) is 5.73. The molecule has 0 saturated carbocycles. The van der Waals surface area contributed by atoms with Crippen LogP contribution in [-0.2, 0) is 4.74 Å². The van der Waals surface area contributed by atoms with E-state index in [9.17, 15) is 4.79 Å². The summed E-state index contributed by atoms with van der Waals surface area (Å²) in [6.07, 6.45) is 5.38. The van der Waals surface area contributed by atoms with Crippen LogP contribution in [0.1, 0.15) is 28.8 Å². The Morgan fingerprint density at radius 1 is 1.62 bits per heavy atom. The van der Waals surface area contributed by atoms with Gasteiger partial charge in [0.2, 0.25) is 0 Å². The summed E-state index contributed by atoms with van der Waals surface area (Å²) >= 11 is 0. The molecule has 0 spiro atoms. The van der Waals surface area contributed by atoms with Crippen molar-refractivity contribution in [2.24, 2.45) is 11.7 Å². The predicted molar refractivity (Wildman–Crippen MR) is 80.7 cm³/mol. The van der Waals surface area contributed by atoms with E-state index in [1.807, 2.05) is 7.05 Å². The lowest BCUT2D eigenvalue weighted by Crippen LogP contribution is -2.35. The predicted octanol–water partition coefficient (Wildman–Crippen LogP) is 0.890. The van der Waals surface area contributed by atoms with Crippen molar-refractivity contribution in [2.45, 2.75) is 12.8 Å². The van der Waals surface area contributed by atoms with Gasteiger partial charge in [-0.05, 0) is 24.8 Å². The van der Waals surface area contributed by atoms with E-state index in [1.54, 1.807) is 23.4 Å². The van der Waals surface area contributed by atoms with E-state index in [0.29, 0.717) is 23.6 Å². The van der Waals surface area contributed by atoms with Crippen molar-refractivity contribution in [3.8, 4) is 11.8 Å². The van der Waals surface area contributed by atoms with Crippen LogP contribution in [0.25, 0.3) is 0 Å². The first-order valence-electron chi connectivity index (χ1n) is 7.18. The molecule has 1 aliphatic heterocycles. The number of nitrogens with two attached hydrogens (primary N) is 1. The lowest BCUT2D eigenvalue weighted by molar-refractivity contribution is 0.0388. The Balaban J connectivity index is 2.08. The van der Waals surface area contributed by atoms with Crippen LogP contribution < -0.4 is 5.73 Å². The Morgan fingerprint density at radius 3 is 3.19 bits per heavy atom. The molecule has 2 heterocycles. The number of pyridine rings is 1. The van der Waals surface area contributed by atoms with Crippen molar-refractivity contribution in [3.63, 3.8) is 0 Å². The first-order chi connectivity index (χ1) is 10.2. The largest absolute Gasteiger partial charge is 0.381 e. The minimum Gasteiger partial charge on any atom is -0.381 e. The highest BCUT2D eigenvalue weighted by atomic mass is 16.5. The Bertz CT molecular complexity index is 542. The quantitative estimate of drug-likeness (QED) is 0.838. The van der Waals surface area contributed by atoms with Gasteiger partial charge < -0.3 is 15.4 Å². The van der Waals surface area contributed by atoms with Crippen molar-refractivity contribution in [1.29, 1.82) is 0 Å². The number of nitrogens with zero attached hydrogens (tertiary/aromatic N) is 2. The van der Waals surface area contributed by atoms with Gasteiger partial charge in [0.15, 0.2) is 0 Å². The number of carbonyl (C=O) groups is 1. The summed E-state index contributed by atoms with van der Waals surface area (Å²) in [6.45, 7) is 2.52. The molecule has 1 aliphatic rings. The van der Waals surface area contributed by atoms with E-state index < -0.39 is 0 Å². The van der Waals surface area contributed by atoms with Gasteiger partial charge in [-0.25, -0.2) is 0 Å². The molecule has 1 aromatic rings. The summed E-state index contributed by atoms with van der Waals surface area (Å²) < 4.78 is 5.46. The number of hydrogen-bond donors (Lipinski definition) is 1. The molecule has 5 heteroatoms. The molecule has 0 radical (unpaired) electrons. The first-order valence-corrected chi connectivity index (χ1v) is 7.18. The normalized spacial score (nSPS) is 17.7. The first kappa shape index (κ1) is 15.5. The second-order valence-electron chi connectivity index (χ2n) is 5.20. The third-order valence-electron chi connectivity index (χ3n) is 3.51. The molecular formula is C16H21N3O2. The lowest BCUT2D eigenvalue weighted by Gasteiger charge is -2.27. The monoisotopic (exact) mass is 287 g/mol. The van der Waals surface area contributed by atoms with Crippen molar-refractivity contribution in [2.75, 3.05) is 33.4 Å². The molecule has 2 N–H and O–H groups in total. The highest BCUT2D eigenvalue weighted by Crippen LogP contribution is 2.16. The average Bonchev–Trinajstić information content (AvgIpc) is 2.53. The third kappa shape index (κ3) is 4.28. The van der Waals surface area contributed by atoms with Crippen LogP contribution in [0.3, 0.4) is 0 Å². The fourth-order valence-corrected chi connectivity index (χ4v) is 2.45. The van der Waals surface area contributed by atoms with Gasteiger partial charge in [-0.1, -0.05) is 11.8 Å². The zero-order valence-electron chi connectivity index (χ0n) is 12.3. The molecule has 1 aromatic heterocycles. The minimum absolute atomic E-state index is 0.0377. The van der Waals surface area contributed by atoms with Crippen molar-refractivity contribution in [3.05, 3.63) is 29.6 Å². The van der Waals surface area contributed by atoms with Crippen LogP contribution in [0, 0.1) is 17.8 Å². The van der Waals surface area contributed by atoms with Gasteiger partial charge in [-0.2, -0.15) is 0 Å². The molecule has 1 saturated heterocycles. The zero-order valence-corrected chi connectivity index (χ0v) is 12.3. The average molecular weight is 287 g/mol. The molecule has 0 bridgehead atoms. The second-order valence-corrected chi connectivity index (χ2v) is 5.20. The maximum atomic E-state index is 12.6. The number of aromatic nitrogens is 1. The molecule has 1 fully saturated rings. The Morgan fingerprint density at radius 2 is 2.48 bits per heavy atom. The fraction of sp³-hybridized carbons (Fsp3) is 0.500. The number of ether oxygens (including phenoxy) is 1. The van der Waals surface area contributed by atoms with Gasteiger partial charge >= 0.3 is 0 Å². The molecule has 1 amide bonds. The number of carbonyl (C=O) groups excluding carboxylic acids is 1. The van der Waals surface area contributed by atoms with E-state index in [2.05, 4.69) is 16.8 Å². The fourth-order valence-electron chi connectivity index (χ4n) is 2.45. The lowest BCUT2D eigenvalue weighted by atomic mass is 10.0. The summed E-state index contributed by atoms with van der Waals surface area (Å²) in [5.41, 5.74) is 6.58. The van der Waals surface area contributed by atoms with Gasteiger partial charge in [0.05, 0.1) is 24.3 Å². The highest BCUT2D eigenvalue weighted by Gasteiger charge is 2.20. The molecule has 1 atom stereocenters. The highest BCUT2D eigenvalue weighted by molar-refractivity contribution is 5.96. The third-order valence-corrected chi connectivity index (χ3v) is 3.51. The van der Waals surface area contributed by atoms with Crippen molar-refractivity contribution < 1.29 is 9.53 Å². The topological polar surface area (TPSA) is 68.5 Å². The Hall–Kier alpha value is -1.90. The summed E-state index contributed by atoms with van der Waals surface area (Å²) in [5.74, 6) is 6.04. The maximum absolute atomic E-state index is 12.6. The molecule has 21 heavy (non-hydrogen) atoms. The van der Waals surface area contributed by atoms with Crippen LogP contribution in [0.2, 0.25) is 0 Å². The van der Waals surface area contributed by atoms with Gasteiger partial charge in [0.1, 0.15) is 0 Å². The summed E-state index contributed by atoms with van der Waals surface area (Å²) in [4.78, 5) is 18.3. The number of amides is 1. The van der Waals surface area contributed by atoms with E-state index in [0.717, 1.165) is 26.1 Å². The zero-order chi connectivity index (χ0) is 15.1. The molecule has 5 nitrogen and oxygen atoms in total. The Labute approximate surface area is 125 Å². The summed E-state index contributed by atoms with van der Waals surface area (Å²) in [6, 6.07) is 1.71. The SMILES string of the molecule is CN(CC1CCCOC1)C(=O)c1ccncc1C#CCN. The maximum Gasteiger partial charge on any atom is 0.254 e. The van der Waals surface area contributed by atoms with Crippen LogP contribution in [-0.4, -0.2) is 49.1 Å². The second kappa shape index (κ2) is 7.77. The van der Waals surface area contributed by atoms with E-state index in [4.69, 9.17) is 10.5 Å². The minimum atomic E-state index is -0.0377. The van der Waals surface area contributed by atoms with E-state index >= 15 is 0 Å². The smallest absolute Gasteiger partial charge is 0.254 e. The van der Waals surface area contributed by atoms with Crippen molar-refractivity contribution >= 4 is 5.91 Å². The van der Waals surface area contributed by atoms with Crippen molar-refractivity contribution in [1.82, 2.24) is 9.88 Å². The molecule has 112 valence electrons. The summed E-state index contributed by atoms with van der Waals surface area (Å²) in [7, 11) is 1.82. The van der Waals surface area contributed by atoms with Gasteiger partial charge in [0.25, 0.3) is 5.91 Å².